The average molecular weight is 366 g/mol. The summed E-state index contributed by atoms with van der Waals surface area (Å²) in [5.74, 6) is -0.238. The number of likely N-dealkylation sites (N-methyl/N-ethyl adjacent to an activating group) is 1. The monoisotopic (exact) mass is 366 g/mol. The predicted octanol–water partition coefficient (Wildman–Crippen LogP) is 2.78. The number of hydrogen-bond donors (Lipinski definition) is 2. The summed E-state index contributed by atoms with van der Waals surface area (Å²) in [6.45, 7) is 7.28. The summed E-state index contributed by atoms with van der Waals surface area (Å²) in [5, 5.41) is 2.87. The predicted molar refractivity (Wildman–Crippen MR) is 111 cm³/mol. The molecule has 0 fully saturated rings. The van der Waals surface area contributed by atoms with Crippen molar-refractivity contribution in [3.63, 3.8) is 0 Å². The second kappa shape index (κ2) is 9.05. The van der Waals surface area contributed by atoms with Gasteiger partial charge in [-0.15, -0.1) is 0 Å². The Morgan fingerprint density at radius 2 is 2.00 bits per heavy atom. The third kappa shape index (κ3) is 5.72. The lowest BCUT2D eigenvalue weighted by Crippen LogP contribution is -2.26. The average Bonchev–Trinajstić information content (AvgIpc) is 2.64. The molecule has 0 aliphatic rings. The van der Waals surface area contributed by atoms with Crippen LogP contribution < -0.4 is 11.1 Å². The molecule has 1 unspecified atom stereocenters. The van der Waals surface area contributed by atoms with E-state index in [4.69, 9.17) is 5.73 Å². The summed E-state index contributed by atoms with van der Waals surface area (Å²) in [6.07, 6.45) is 2.46. The van der Waals surface area contributed by atoms with Gasteiger partial charge in [0.05, 0.1) is 16.9 Å². The molecule has 2 aromatic rings. The van der Waals surface area contributed by atoms with Gasteiger partial charge in [-0.1, -0.05) is 12.1 Å². The van der Waals surface area contributed by atoms with Gasteiger partial charge in [0.25, 0.3) is 5.91 Å². The molecule has 0 saturated carbocycles. The van der Waals surface area contributed by atoms with Crippen LogP contribution in [0.2, 0.25) is 0 Å². The number of aryl methyl sites for hydroxylation is 1. The number of guanidine groups is 1. The summed E-state index contributed by atoms with van der Waals surface area (Å²) in [4.78, 5) is 26.5. The van der Waals surface area contributed by atoms with Crippen LogP contribution in [-0.4, -0.2) is 48.6 Å². The van der Waals surface area contributed by atoms with Crippen molar-refractivity contribution in [2.45, 2.75) is 26.3 Å². The first-order chi connectivity index (χ1) is 12.8. The van der Waals surface area contributed by atoms with E-state index >= 15 is 0 Å². The lowest BCUT2D eigenvalue weighted by molar-refractivity contribution is 0.102. The Bertz CT molecular complexity index is 842. The van der Waals surface area contributed by atoms with Crippen molar-refractivity contribution in [1.29, 1.82) is 0 Å². The minimum Gasteiger partial charge on any atom is -0.368 e. The lowest BCUT2D eigenvalue weighted by Gasteiger charge is -2.19. The number of carbonyl (C=O) groups excluding carboxylic acids is 1. The normalized spacial score (nSPS) is 12.7. The van der Waals surface area contributed by atoms with Crippen molar-refractivity contribution in [3.8, 4) is 0 Å². The Morgan fingerprint density at radius 3 is 2.59 bits per heavy atom. The molecule has 1 heterocycles. The van der Waals surface area contributed by atoms with Crippen molar-refractivity contribution in [2.24, 2.45) is 15.7 Å². The van der Waals surface area contributed by atoms with Crippen molar-refractivity contribution in [2.75, 3.05) is 19.4 Å². The maximum absolute atomic E-state index is 12.5. The number of benzene rings is 1. The van der Waals surface area contributed by atoms with E-state index in [2.05, 4.69) is 52.9 Å². The molecule has 0 aliphatic heterocycles. The van der Waals surface area contributed by atoms with E-state index in [0.29, 0.717) is 23.0 Å². The molecule has 1 aromatic carbocycles. The number of nitrogens with one attached hydrogen (secondary N) is 1. The summed E-state index contributed by atoms with van der Waals surface area (Å²) in [6, 6.07) is 9.92. The number of carbonyl (C=O) groups is 1. The number of hydrogen-bond acceptors (Lipinski definition) is 4. The highest BCUT2D eigenvalue weighted by molar-refractivity contribution is 6.04. The van der Waals surface area contributed by atoms with E-state index < -0.39 is 0 Å². The van der Waals surface area contributed by atoms with Gasteiger partial charge < -0.3 is 16.0 Å². The first kappa shape index (κ1) is 20.3. The molecule has 0 spiro atoms. The largest absolute Gasteiger partial charge is 0.368 e. The van der Waals surface area contributed by atoms with Crippen LogP contribution in [-0.2, 0) is 6.42 Å². The number of nitrogens with zero attached hydrogens (tertiary/aromatic N) is 4. The summed E-state index contributed by atoms with van der Waals surface area (Å²) in [5.41, 5.74) is 9.05. The Labute approximate surface area is 160 Å². The van der Waals surface area contributed by atoms with E-state index in [1.54, 1.807) is 13.0 Å². The van der Waals surface area contributed by atoms with Crippen LogP contribution in [0.1, 0.15) is 28.5 Å². The molecule has 3 N–H and O–H groups in total. The van der Waals surface area contributed by atoms with Gasteiger partial charge in [-0.05, 0) is 64.8 Å². The van der Waals surface area contributed by atoms with Crippen LogP contribution in [0.5, 0.6) is 0 Å². The number of aliphatic imine (C=N–C) groups is 2. The van der Waals surface area contributed by atoms with Gasteiger partial charge in [0.15, 0.2) is 0 Å². The van der Waals surface area contributed by atoms with Gasteiger partial charge in [0.1, 0.15) is 0 Å². The van der Waals surface area contributed by atoms with Gasteiger partial charge in [-0.2, -0.15) is 0 Å². The molecular formula is C20H26N6O. The van der Waals surface area contributed by atoms with Crippen molar-refractivity contribution < 1.29 is 4.79 Å². The molecule has 1 amide bonds. The SMILES string of the molecule is C=NC(N)=Nc1cc(C(=O)Nc2ccc(CC(C)N(C)C)cc2)cnc1C. The van der Waals surface area contributed by atoms with Gasteiger partial charge in [0.2, 0.25) is 5.96 Å². The molecule has 1 aromatic heterocycles. The first-order valence-electron chi connectivity index (χ1n) is 8.64. The van der Waals surface area contributed by atoms with E-state index in [-0.39, 0.29) is 11.9 Å². The van der Waals surface area contributed by atoms with E-state index in [9.17, 15) is 4.79 Å². The zero-order valence-corrected chi connectivity index (χ0v) is 16.2. The van der Waals surface area contributed by atoms with Crippen LogP contribution in [0.25, 0.3) is 0 Å². The van der Waals surface area contributed by atoms with Crippen LogP contribution in [0, 0.1) is 6.92 Å². The number of pyridine rings is 1. The molecule has 0 aliphatic carbocycles. The minimum atomic E-state index is -0.265. The Kier molecular flexibility index (Phi) is 6.79. The third-order valence-electron chi connectivity index (χ3n) is 4.34. The fourth-order valence-electron chi connectivity index (χ4n) is 2.37. The van der Waals surface area contributed by atoms with Gasteiger partial charge in [-0.3, -0.25) is 9.78 Å². The van der Waals surface area contributed by atoms with Crippen LogP contribution >= 0.6 is 0 Å². The smallest absolute Gasteiger partial charge is 0.257 e. The Hall–Kier alpha value is -3.06. The van der Waals surface area contributed by atoms with Crippen molar-refractivity contribution >= 4 is 30.0 Å². The molecule has 0 radical (unpaired) electrons. The maximum Gasteiger partial charge on any atom is 0.257 e. The van der Waals surface area contributed by atoms with E-state index in [1.165, 1.54) is 11.8 Å². The highest BCUT2D eigenvalue weighted by atomic mass is 16.1. The van der Waals surface area contributed by atoms with E-state index in [0.717, 1.165) is 12.1 Å². The van der Waals surface area contributed by atoms with Crippen LogP contribution in [0.4, 0.5) is 11.4 Å². The Morgan fingerprint density at radius 1 is 1.33 bits per heavy atom. The topological polar surface area (TPSA) is 96.0 Å². The highest BCUT2D eigenvalue weighted by Crippen LogP contribution is 2.19. The lowest BCUT2D eigenvalue weighted by atomic mass is 10.1. The summed E-state index contributed by atoms with van der Waals surface area (Å²) in [7, 11) is 4.12. The zero-order valence-electron chi connectivity index (χ0n) is 16.2. The van der Waals surface area contributed by atoms with Crippen LogP contribution in [0.3, 0.4) is 0 Å². The summed E-state index contributed by atoms with van der Waals surface area (Å²) < 4.78 is 0. The number of anilines is 1. The standard InChI is InChI=1S/C20H26N6O/c1-13(26(4)5)10-15-6-8-17(9-7-15)24-19(27)16-11-18(14(2)23-12-16)25-20(21)22-3/h6-9,11-13H,3,10H2,1-2,4-5H3,(H2,21,25)(H,24,27). The Balaban J connectivity index is 2.11. The molecule has 27 heavy (non-hydrogen) atoms. The van der Waals surface area contributed by atoms with Gasteiger partial charge >= 0.3 is 0 Å². The molecule has 7 nitrogen and oxygen atoms in total. The zero-order chi connectivity index (χ0) is 20.0. The number of nitrogens with two attached hydrogens (primary N) is 1. The van der Waals surface area contributed by atoms with Gasteiger partial charge in [0, 0.05) is 17.9 Å². The molecule has 1 atom stereocenters. The van der Waals surface area contributed by atoms with E-state index in [1.807, 2.05) is 24.3 Å². The first-order valence-corrected chi connectivity index (χ1v) is 8.64. The number of rotatable bonds is 6. The molecule has 7 heteroatoms. The molecular weight excluding hydrogens is 340 g/mol. The molecule has 142 valence electrons. The minimum absolute atomic E-state index is 0.0278. The highest BCUT2D eigenvalue weighted by Gasteiger charge is 2.11. The van der Waals surface area contributed by atoms with Crippen LogP contribution in [0.15, 0.2) is 46.5 Å². The fourth-order valence-corrected chi connectivity index (χ4v) is 2.37. The van der Waals surface area contributed by atoms with Crippen molar-refractivity contribution in [3.05, 3.63) is 53.3 Å². The molecule has 0 saturated heterocycles. The quantitative estimate of drug-likeness (QED) is 0.607. The molecule has 2 rings (SSSR count). The number of aromatic nitrogens is 1. The van der Waals surface area contributed by atoms with Crippen molar-refractivity contribution in [1.82, 2.24) is 9.88 Å². The van der Waals surface area contributed by atoms with Gasteiger partial charge in [-0.25, -0.2) is 9.98 Å². The third-order valence-corrected chi connectivity index (χ3v) is 4.34. The number of amides is 1. The maximum atomic E-state index is 12.5. The summed E-state index contributed by atoms with van der Waals surface area (Å²) >= 11 is 0. The second-order valence-corrected chi connectivity index (χ2v) is 6.62. The second-order valence-electron chi connectivity index (χ2n) is 6.62. The fraction of sp³-hybridized carbons (Fsp3) is 0.300. The molecule has 0 bridgehead atoms.